The highest BCUT2D eigenvalue weighted by Crippen LogP contribution is 2.43. The standard InChI is InChI=1S/C15H13NO2/c1-16-13-10-6-5-9-12(13)15(18,14(16)17)11-7-3-2-4-8-11/h2-10,18H,1H3/t15-/m0/s1. The zero-order chi connectivity index (χ0) is 12.8. The van der Waals surface area contributed by atoms with Crippen LogP contribution in [0.15, 0.2) is 54.6 Å². The number of hydrogen-bond acceptors (Lipinski definition) is 2. The molecule has 1 atom stereocenters. The van der Waals surface area contributed by atoms with Crippen LogP contribution in [0.3, 0.4) is 0 Å². The number of amides is 1. The minimum Gasteiger partial charge on any atom is -0.372 e. The van der Waals surface area contributed by atoms with E-state index in [-0.39, 0.29) is 5.91 Å². The number of para-hydroxylation sites is 1. The Morgan fingerprint density at radius 2 is 1.61 bits per heavy atom. The molecule has 0 saturated heterocycles. The fraction of sp³-hybridized carbons (Fsp3) is 0.133. The van der Waals surface area contributed by atoms with Crippen molar-refractivity contribution in [3.8, 4) is 0 Å². The number of carbonyl (C=O) groups is 1. The highest BCUT2D eigenvalue weighted by Gasteiger charge is 2.49. The first-order chi connectivity index (χ1) is 8.65. The minimum atomic E-state index is -1.56. The average molecular weight is 239 g/mol. The van der Waals surface area contributed by atoms with Gasteiger partial charge in [0.25, 0.3) is 5.91 Å². The van der Waals surface area contributed by atoms with Crippen LogP contribution in [0.5, 0.6) is 0 Å². The van der Waals surface area contributed by atoms with Gasteiger partial charge in [0, 0.05) is 12.6 Å². The van der Waals surface area contributed by atoms with Crippen molar-refractivity contribution >= 4 is 11.6 Å². The molecule has 1 N–H and O–H groups in total. The largest absolute Gasteiger partial charge is 0.372 e. The maximum atomic E-state index is 12.4. The van der Waals surface area contributed by atoms with Crippen LogP contribution in [-0.2, 0) is 10.4 Å². The van der Waals surface area contributed by atoms with Crippen molar-refractivity contribution in [3.05, 3.63) is 65.7 Å². The van der Waals surface area contributed by atoms with E-state index in [1.54, 1.807) is 25.2 Å². The number of hydrogen-bond donors (Lipinski definition) is 1. The second kappa shape index (κ2) is 3.68. The molecule has 0 fully saturated rings. The van der Waals surface area contributed by atoms with E-state index in [9.17, 15) is 9.90 Å². The maximum absolute atomic E-state index is 12.4. The van der Waals surface area contributed by atoms with Gasteiger partial charge in [0.1, 0.15) is 0 Å². The Morgan fingerprint density at radius 3 is 2.33 bits per heavy atom. The third-order valence-corrected chi connectivity index (χ3v) is 3.46. The summed E-state index contributed by atoms with van der Waals surface area (Å²) in [6.45, 7) is 0. The summed E-state index contributed by atoms with van der Waals surface area (Å²) in [5, 5.41) is 10.9. The number of nitrogens with zero attached hydrogens (tertiary/aromatic N) is 1. The third kappa shape index (κ3) is 1.25. The molecule has 1 heterocycles. The van der Waals surface area contributed by atoms with Gasteiger partial charge in [-0.1, -0.05) is 48.5 Å². The maximum Gasteiger partial charge on any atom is 0.268 e. The number of fused-ring (bicyclic) bond motifs is 1. The molecule has 0 aromatic heterocycles. The fourth-order valence-electron chi connectivity index (χ4n) is 2.50. The molecule has 0 spiro atoms. The molecule has 2 aromatic carbocycles. The molecule has 3 nitrogen and oxygen atoms in total. The summed E-state index contributed by atoms with van der Waals surface area (Å²) in [6.07, 6.45) is 0. The van der Waals surface area contributed by atoms with Crippen LogP contribution < -0.4 is 4.90 Å². The van der Waals surface area contributed by atoms with Crippen LogP contribution in [0.4, 0.5) is 5.69 Å². The Hall–Kier alpha value is -2.13. The number of benzene rings is 2. The molecule has 1 aliphatic rings. The highest BCUT2D eigenvalue weighted by molar-refractivity contribution is 6.08. The highest BCUT2D eigenvalue weighted by atomic mass is 16.3. The Bertz CT molecular complexity index is 609. The second-order valence-electron chi connectivity index (χ2n) is 4.46. The van der Waals surface area contributed by atoms with Gasteiger partial charge >= 0.3 is 0 Å². The molecule has 3 rings (SSSR count). The minimum absolute atomic E-state index is 0.310. The molecule has 0 bridgehead atoms. The Labute approximate surface area is 105 Å². The lowest BCUT2D eigenvalue weighted by atomic mass is 9.88. The molecule has 0 aliphatic carbocycles. The summed E-state index contributed by atoms with van der Waals surface area (Å²) in [7, 11) is 1.68. The van der Waals surface area contributed by atoms with Crippen molar-refractivity contribution in [2.75, 3.05) is 11.9 Å². The van der Waals surface area contributed by atoms with Gasteiger partial charge in [0.05, 0.1) is 5.69 Å². The van der Waals surface area contributed by atoms with Gasteiger partial charge in [-0.15, -0.1) is 0 Å². The predicted octanol–water partition coefficient (Wildman–Crippen LogP) is 1.90. The summed E-state index contributed by atoms with van der Waals surface area (Å²) in [5.74, 6) is -0.310. The topological polar surface area (TPSA) is 40.5 Å². The van der Waals surface area contributed by atoms with E-state index in [2.05, 4.69) is 0 Å². The van der Waals surface area contributed by atoms with Crippen LogP contribution in [-0.4, -0.2) is 18.1 Å². The molecule has 2 aromatic rings. The smallest absolute Gasteiger partial charge is 0.268 e. The van der Waals surface area contributed by atoms with Crippen LogP contribution in [0, 0.1) is 0 Å². The Morgan fingerprint density at radius 1 is 1.00 bits per heavy atom. The molecule has 90 valence electrons. The van der Waals surface area contributed by atoms with E-state index in [1.165, 1.54) is 4.90 Å². The van der Waals surface area contributed by atoms with E-state index >= 15 is 0 Å². The van der Waals surface area contributed by atoms with E-state index in [0.29, 0.717) is 11.1 Å². The van der Waals surface area contributed by atoms with Crippen molar-refractivity contribution in [3.63, 3.8) is 0 Å². The van der Waals surface area contributed by atoms with Gasteiger partial charge in [0.15, 0.2) is 5.60 Å². The van der Waals surface area contributed by atoms with Gasteiger partial charge in [-0.05, 0) is 11.6 Å². The van der Waals surface area contributed by atoms with E-state index in [1.807, 2.05) is 36.4 Å². The summed E-state index contributed by atoms with van der Waals surface area (Å²) in [5.41, 5.74) is 0.441. The zero-order valence-corrected chi connectivity index (χ0v) is 10.00. The van der Waals surface area contributed by atoms with E-state index < -0.39 is 5.60 Å². The van der Waals surface area contributed by atoms with Crippen LogP contribution >= 0.6 is 0 Å². The first-order valence-corrected chi connectivity index (χ1v) is 5.81. The molecule has 18 heavy (non-hydrogen) atoms. The van der Waals surface area contributed by atoms with Gasteiger partial charge < -0.3 is 10.0 Å². The number of rotatable bonds is 1. The normalized spacial score (nSPS) is 22.1. The fourth-order valence-corrected chi connectivity index (χ4v) is 2.50. The number of anilines is 1. The second-order valence-corrected chi connectivity index (χ2v) is 4.46. The number of likely N-dealkylation sites (N-methyl/N-ethyl adjacent to an activating group) is 1. The molecule has 0 radical (unpaired) electrons. The lowest BCUT2D eigenvalue weighted by Crippen LogP contribution is -2.39. The predicted molar refractivity (Wildman–Crippen MR) is 69.3 cm³/mol. The molecule has 0 saturated carbocycles. The lowest BCUT2D eigenvalue weighted by molar-refractivity contribution is -0.131. The number of aliphatic hydroxyl groups is 1. The first-order valence-electron chi connectivity index (χ1n) is 5.81. The van der Waals surface area contributed by atoms with Gasteiger partial charge in [-0.25, -0.2) is 0 Å². The van der Waals surface area contributed by atoms with Crippen molar-refractivity contribution < 1.29 is 9.90 Å². The molecule has 1 aliphatic heterocycles. The van der Waals surface area contributed by atoms with Gasteiger partial charge in [-0.3, -0.25) is 4.79 Å². The van der Waals surface area contributed by atoms with Crippen LogP contribution in [0.25, 0.3) is 0 Å². The van der Waals surface area contributed by atoms with Gasteiger partial charge in [0.2, 0.25) is 0 Å². The SMILES string of the molecule is CN1C(=O)[C@](O)(c2ccccc2)c2ccccc21. The zero-order valence-electron chi connectivity index (χ0n) is 10.00. The Balaban J connectivity index is 2.27. The lowest BCUT2D eigenvalue weighted by Gasteiger charge is -2.22. The first kappa shape index (κ1) is 11.0. The summed E-state index contributed by atoms with van der Waals surface area (Å²) >= 11 is 0. The van der Waals surface area contributed by atoms with Crippen molar-refractivity contribution in [1.29, 1.82) is 0 Å². The molecular formula is C15H13NO2. The van der Waals surface area contributed by atoms with E-state index in [4.69, 9.17) is 0 Å². The van der Waals surface area contributed by atoms with Crippen molar-refractivity contribution in [2.24, 2.45) is 0 Å². The van der Waals surface area contributed by atoms with Crippen LogP contribution in [0.1, 0.15) is 11.1 Å². The average Bonchev–Trinajstić information content (AvgIpc) is 2.64. The summed E-state index contributed by atoms with van der Waals surface area (Å²) < 4.78 is 0. The Kier molecular flexibility index (Phi) is 2.25. The molecule has 1 amide bonds. The van der Waals surface area contributed by atoms with Gasteiger partial charge in [-0.2, -0.15) is 0 Å². The third-order valence-electron chi connectivity index (χ3n) is 3.46. The quantitative estimate of drug-likeness (QED) is 0.825. The van der Waals surface area contributed by atoms with Crippen molar-refractivity contribution in [2.45, 2.75) is 5.60 Å². The summed E-state index contributed by atoms with van der Waals surface area (Å²) in [4.78, 5) is 13.9. The molecule has 3 heteroatoms. The summed E-state index contributed by atoms with van der Waals surface area (Å²) in [6, 6.07) is 16.4. The monoisotopic (exact) mass is 239 g/mol. The molecular weight excluding hydrogens is 226 g/mol. The van der Waals surface area contributed by atoms with E-state index in [0.717, 1.165) is 5.69 Å². The van der Waals surface area contributed by atoms with Crippen LogP contribution in [0.2, 0.25) is 0 Å². The van der Waals surface area contributed by atoms with Crippen molar-refractivity contribution in [1.82, 2.24) is 0 Å². The molecule has 0 unspecified atom stereocenters. The number of carbonyl (C=O) groups excluding carboxylic acids is 1.